The standard InChI is InChI=1S/C10H11FN6O/c1-17-5-15-7(16-17)4-14-10(18)6-2-3-13-9(12)8(6)11/h2-3,5H,4H2,1H3,(H2,12,13)(H,14,18). The molecule has 2 heterocycles. The summed E-state index contributed by atoms with van der Waals surface area (Å²) < 4.78 is 15.0. The molecule has 0 aliphatic heterocycles. The summed E-state index contributed by atoms with van der Waals surface area (Å²) in [5.74, 6) is -1.29. The number of aromatic nitrogens is 4. The van der Waals surface area contributed by atoms with Gasteiger partial charge < -0.3 is 11.1 Å². The summed E-state index contributed by atoms with van der Waals surface area (Å²) in [6, 6.07) is 1.26. The van der Waals surface area contributed by atoms with Crippen LogP contribution in [0.15, 0.2) is 18.6 Å². The van der Waals surface area contributed by atoms with E-state index < -0.39 is 11.7 Å². The van der Waals surface area contributed by atoms with Gasteiger partial charge in [-0.2, -0.15) is 5.10 Å². The van der Waals surface area contributed by atoms with Gasteiger partial charge in [-0.1, -0.05) is 0 Å². The van der Waals surface area contributed by atoms with Crippen molar-refractivity contribution in [1.29, 1.82) is 0 Å². The predicted octanol–water partition coefficient (Wildman–Crippen LogP) is -0.139. The molecule has 0 aromatic carbocycles. The van der Waals surface area contributed by atoms with Crippen molar-refractivity contribution in [3.63, 3.8) is 0 Å². The van der Waals surface area contributed by atoms with Gasteiger partial charge in [-0.05, 0) is 6.07 Å². The number of nitrogens with zero attached hydrogens (tertiary/aromatic N) is 4. The molecule has 7 nitrogen and oxygen atoms in total. The van der Waals surface area contributed by atoms with Crippen LogP contribution in [-0.2, 0) is 13.6 Å². The Hall–Kier alpha value is -2.51. The van der Waals surface area contributed by atoms with E-state index in [1.807, 2.05) is 0 Å². The Morgan fingerprint density at radius 1 is 1.56 bits per heavy atom. The van der Waals surface area contributed by atoms with Crippen LogP contribution in [0, 0.1) is 5.82 Å². The highest BCUT2D eigenvalue weighted by Crippen LogP contribution is 2.11. The fourth-order valence-corrected chi connectivity index (χ4v) is 1.35. The van der Waals surface area contributed by atoms with E-state index >= 15 is 0 Å². The molecule has 3 N–H and O–H groups in total. The van der Waals surface area contributed by atoms with Gasteiger partial charge in [-0.25, -0.2) is 14.4 Å². The Kier molecular flexibility index (Phi) is 3.18. The van der Waals surface area contributed by atoms with Crippen molar-refractivity contribution in [3.05, 3.63) is 35.8 Å². The van der Waals surface area contributed by atoms with Crippen LogP contribution in [0.25, 0.3) is 0 Å². The summed E-state index contributed by atoms with van der Waals surface area (Å²) in [5.41, 5.74) is 5.12. The van der Waals surface area contributed by atoms with Gasteiger partial charge in [0.25, 0.3) is 5.91 Å². The third-order valence-electron chi connectivity index (χ3n) is 2.21. The quantitative estimate of drug-likeness (QED) is 0.790. The number of rotatable bonds is 3. The van der Waals surface area contributed by atoms with E-state index in [1.54, 1.807) is 7.05 Å². The van der Waals surface area contributed by atoms with Crippen LogP contribution in [0.4, 0.5) is 10.2 Å². The van der Waals surface area contributed by atoms with E-state index in [0.29, 0.717) is 5.82 Å². The number of hydrogen-bond acceptors (Lipinski definition) is 5. The van der Waals surface area contributed by atoms with Crippen LogP contribution < -0.4 is 11.1 Å². The maximum absolute atomic E-state index is 13.5. The van der Waals surface area contributed by atoms with Crippen molar-refractivity contribution >= 4 is 11.7 Å². The molecule has 2 aromatic rings. The Morgan fingerprint density at radius 2 is 2.33 bits per heavy atom. The number of nitrogens with one attached hydrogen (secondary N) is 1. The van der Waals surface area contributed by atoms with Gasteiger partial charge in [0.2, 0.25) is 0 Å². The molecule has 0 radical (unpaired) electrons. The van der Waals surface area contributed by atoms with Gasteiger partial charge in [0.15, 0.2) is 17.5 Å². The van der Waals surface area contributed by atoms with Gasteiger partial charge in [0.1, 0.15) is 6.33 Å². The highest BCUT2D eigenvalue weighted by Gasteiger charge is 2.14. The van der Waals surface area contributed by atoms with E-state index in [4.69, 9.17) is 5.73 Å². The highest BCUT2D eigenvalue weighted by molar-refractivity contribution is 5.94. The number of carbonyl (C=O) groups excluding carboxylic acids is 1. The summed E-state index contributed by atoms with van der Waals surface area (Å²) in [7, 11) is 1.71. The third kappa shape index (κ3) is 2.42. The summed E-state index contributed by atoms with van der Waals surface area (Å²) in [6.45, 7) is 0.112. The molecule has 0 aliphatic carbocycles. The van der Waals surface area contributed by atoms with Crippen LogP contribution in [0.5, 0.6) is 0 Å². The van der Waals surface area contributed by atoms with Crippen molar-refractivity contribution < 1.29 is 9.18 Å². The normalized spacial score (nSPS) is 10.3. The molecule has 0 aliphatic rings. The van der Waals surface area contributed by atoms with Gasteiger partial charge in [-0.15, -0.1) is 0 Å². The van der Waals surface area contributed by atoms with E-state index in [9.17, 15) is 9.18 Å². The van der Waals surface area contributed by atoms with Crippen molar-refractivity contribution in [2.75, 3.05) is 5.73 Å². The molecule has 0 unspecified atom stereocenters. The molecule has 94 valence electrons. The molecule has 2 aromatic heterocycles. The molecule has 8 heteroatoms. The SMILES string of the molecule is Cn1cnc(CNC(=O)c2ccnc(N)c2F)n1. The van der Waals surface area contributed by atoms with Crippen LogP contribution in [0.2, 0.25) is 0 Å². The second-order valence-corrected chi connectivity index (χ2v) is 3.57. The number of nitrogens with two attached hydrogens (primary N) is 1. The Bertz CT molecular complexity index is 581. The largest absolute Gasteiger partial charge is 0.381 e. The van der Waals surface area contributed by atoms with Crippen LogP contribution >= 0.6 is 0 Å². The number of carbonyl (C=O) groups is 1. The Balaban J connectivity index is 2.06. The molecule has 0 spiro atoms. The zero-order chi connectivity index (χ0) is 13.1. The zero-order valence-electron chi connectivity index (χ0n) is 9.59. The maximum atomic E-state index is 13.5. The average molecular weight is 250 g/mol. The van der Waals surface area contributed by atoms with Crippen molar-refractivity contribution in [2.45, 2.75) is 6.54 Å². The van der Waals surface area contributed by atoms with E-state index in [0.717, 1.165) is 0 Å². The number of halogens is 1. The summed E-state index contributed by atoms with van der Waals surface area (Å²) in [4.78, 5) is 19.2. The molecule has 0 fully saturated rings. The fraction of sp³-hybridized carbons (Fsp3) is 0.200. The van der Waals surface area contributed by atoms with E-state index in [2.05, 4.69) is 20.4 Å². The first-order valence-corrected chi connectivity index (χ1v) is 5.10. The minimum atomic E-state index is -0.830. The topological polar surface area (TPSA) is 98.7 Å². The summed E-state index contributed by atoms with van der Waals surface area (Å²) in [6.07, 6.45) is 2.78. The zero-order valence-corrected chi connectivity index (χ0v) is 9.59. The predicted molar refractivity (Wildman–Crippen MR) is 60.8 cm³/mol. The number of pyridine rings is 1. The smallest absolute Gasteiger partial charge is 0.254 e. The minimum absolute atomic E-state index is 0.112. The monoisotopic (exact) mass is 250 g/mol. The fourth-order valence-electron chi connectivity index (χ4n) is 1.35. The van der Waals surface area contributed by atoms with Crippen molar-refractivity contribution in [1.82, 2.24) is 25.1 Å². The summed E-state index contributed by atoms with van der Waals surface area (Å²) >= 11 is 0. The van der Waals surface area contributed by atoms with Crippen LogP contribution in [0.1, 0.15) is 16.2 Å². The lowest BCUT2D eigenvalue weighted by atomic mass is 10.2. The molecular formula is C10H11FN6O. The Morgan fingerprint density at radius 3 is 3.00 bits per heavy atom. The molecule has 0 saturated carbocycles. The number of nitrogen functional groups attached to an aromatic ring is 1. The van der Waals surface area contributed by atoms with Crippen LogP contribution in [-0.4, -0.2) is 25.7 Å². The first-order chi connectivity index (χ1) is 8.58. The lowest BCUT2D eigenvalue weighted by Crippen LogP contribution is -2.25. The lowest BCUT2D eigenvalue weighted by Gasteiger charge is -2.04. The molecule has 2 rings (SSSR count). The number of hydrogen-bond donors (Lipinski definition) is 2. The van der Waals surface area contributed by atoms with E-state index in [1.165, 1.54) is 23.3 Å². The van der Waals surface area contributed by atoms with Gasteiger partial charge >= 0.3 is 0 Å². The van der Waals surface area contributed by atoms with Crippen molar-refractivity contribution in [3.8, 4) is 0 Å². The lowest BCUT2D eigenvalue weighted by molar-refractivity contribution is 0.0945. The second kappa shape index (κ2) is 4.78. The number of anilines is 1. The molecule has 0 bridgehead atoms. The van der Waals surface area contributed by atoms with E-state index in [-0.39, 0.29) is 17.9 Å². The number of aryl methyl sites for hydroxylation is 1. The van der Waals surface area contributed by atoms with Gasteiger partial charge in [0.05, 0.1) is 12.1 Å². The first kappa shape index (κ1) is 12.0. The van der Waals surface area contributed by atoms with Gasteiger partial charge in [0, 0.05) is 13.2 Å². The summed E-state index contributed by atoms with van der Waals surface area (Å²) in [5, 5.41) is 6.47. The second-order valence-electron chi connectivity index (χ2n) is 3.57. The van der Waals surface area contributed by atoms with Crippen molar-refractivity contribution in [2.24, 2.45) is 7.05 Å². The van der Waals surface area contributed by atoms with Gasteiger partial charge in [-0.3, -0.25) is 9.48 Å². The minimum Gasteiger partial charge on any atom is -0.381 e. The molecule has 0 saturated heterocycles. The highest BCUT2D eigenvalue weighted by atomic mass is 19.1. The Labute approximate surface area is 102 Å². The number of amides is 1. The molecule has 1 amide bonds. The first-order valence-electron chi connectivity index (χ1n) is 5.10. The maximum Gasteiger partial charge on any atom is 0.254 e. The van der Waals surface area contributed by atoms with Crippen LogP contribution in [0.3, 0.4) is 0 Å². The third-order valence-corrected chi connectivity index (χ3v) is 2.21. The molecular weight excluding hydrogens is 239 g/mol. The molecule has 0 atom stereocenters. The average Bonchev–Trinajstić information content (AvgIpc) is 2.76. The molecule has 18 heavy (non-hydrogen) atoms.